The maximum atomic E-state index is 5.16. The Bertz CT molecular complexity index is 47.3. The second-order valence-electron chi connectivity index (χ2n) is 1.90. The summed E-state index contributed by atoms with van der Waals surface area (Å²) in [5, 5.41) is 0. The van der Waals surface area contributed by atoms with Gasteiger partial charge in [0.25, 0.3) is 0 Å². The average Bonchev–Trinajstić information content (AvgIpc) is 1.68. The fourth-order valence-electron chi connectivity index (χ4n) is 0.609. The Kier molecular flexibility index (Phi) is 6.42. The quantitative estimate of drug-likeness (QED) is 0.434. The van der Waals surface area contributed by atoms with Gasteiger partial charge in [0.2, 0.25) is 0 Å². The molecule has 0 spiro atoms. The molecule has 1 atom stereocenters. The molecule has 0 amide bonds. The van der Waals surface area contributed by atoms with E-state index in [0.717, 1.165) is 10.5 Å². The van der Waals surface area contributed by atoms with E-state index in [0.29, 0.717) is 4.87 Å². The summed E-state index contributed by atoms with van der Waals surface area (Å²) in [4.78, 5) is 0.609. The second-order valence-corrected chi connectivity index (χ2v) is 6.94. The molecule has 0 saturated carbocycles. The van der Waals surface area contributed by atoms with Gasteiger partial charge in [-0.25, -0.2) is 0 Å². The second kappa shape index (κ2) is 5.87. The van der Waals surface area contributed by atoms with E-state index in [1.165, 1.54) is 12.8 Å². The summed E-state index contributed by atoms with van der Waals surface area (Å²) in [5.74, 6) is 0. The Labute approximate surface area is 62.1 Å². The molecule has 4 heteroatoms. The summed E-state index contributed by atoms with van der Waals surface area (Å²) in [6.45, 7) is 2.19. The molecule has 0 aliphatic rings. The first-order valence-electron chi connectivity index (χ1n) is 2.98. The van der Waals surface area contributed by atoms with Crippen LogP contribution in [0.2, 0.25) is 0 Å². The van der Waals surface area contributed by atoms with Crippen molar-refractivity contribution < 1.29 is 4.12 Å². The lowest BCUT2D eigenvalue weighted by Gasteiger charge is -2.04. The summed E-state index contributed by atoms with van der Waals surface area (Å²) in [6.07, 6.45) is 2.48. The monoisotopic (exact) mass is 166 g/mol. The van der Waals surface area contributed by atoms with Gasteiger partial charge in [-0.15, -0.1) is 0 Å². The summed E-state index contributed by atoms with van der Waals surface area (Å²) in [5.41, 5.74) is 0. The molecule has 0 aromatic carbocycles. The minimum Gasteiger partial charge on any atom is -0.467 e. The lowest BCUT2D eigenvalue weighted by molar-refractivity contribution is 0.648. The predicted octanol–water partition coefficient (Wildman–Crippen LogP) is -0.577. The Balaban J connectivity index is 2.92. The van der Waals surface area contributed by atoms with E-state index in [2.05, 4.69) is 19.6 Å². The molecule has 0 radical (unpaired) electrons. The number of hydrogen-bond donors (Lipinski definition) is 1. The zero-order valence-electron chi connectivity index (χ0n) is 5.55. The maximum absolute atomic E-state index is 5.16. The van der Waals surface area contributed by atoms with E-state index in [1.54, 1.807) is 0 Å². The van der Waals surface area contributed by atoms with Gasteiger partial charge in [0.05, 0.1) is 0 Å². The van der Waals surface area contributed by atoms with Crippen LogP contribution in [0.1, 0.15) is 19.8 Å². The van der Waals surface area contributed by atoms with E-state index >= 15 is 0 Å². The number of hydrogen-bond acceptors (Lipinski definition) is 2. The summed E-state index contributed by atoms with van der Waals surface area (Å²) in [7, 11) is 0.668. The van der Waals surface area contributed by atoms with Crippen molar-refractivity contribution in [3.8, 4) is 0 Å². The molecule has 0 aromatic heterocycles. The third kappa shape index (κ3) is 4.89. The van der Waals surface area contributed by atoms with Gasteiger partial charge < -0.3 is 4.12 Å². The molecule has 1 nitrogen and oxygen atoms in total. The zero-order valence-corrected chi connectivity index (χ0v) is 9.86. The highest BCUT2D eigenvalue weighted by molar-refractivity contribution is 7.82. The van der Waals surface area contributed by atoms with E-state index in [9.17, 15) is 0 Å². The van der Waals surface area contributed by atoms with Crippen molar-refractivity contribution in [2.24, 2.45) is 0 Å². The van der Waals surface area contributed by atoms with Gasteiger partial charge in [-0.2, -0.15) is 12.6 Å². The van der Waals surface area contributed by atoms with Crippen molar-refractivity contribution in [2.75, 3.05) is 0 Å². The van der Waals surface area contributed by atoms with E-state index in [4.69, 9.17) is 4.12 Å². The van der Waals surface area contributed by atoms with Gasteiger partial charge in [-0.05, 0) is 6.42 Å². The standard InChI is InChI=1S/C4H14OSSi2/c1-2-3-4(6)8-5-7/h4,6H,2-3,8H2,1,7H3. The van der Waals surface area contributed by atoms with Crippen molar-refractivity contribution >= 4 is 32.9 Å². The third-order valence-corrected chi connectivity index (χ3v) is 3.81. The minimum atomic E-state index is -0.239. The Morgan fingerprint density at radius 1 is 1.88 bits per heavy atom. The van der Waals surface area contributed by atoms with Gasteiger partial charge >= 0.3 is 0 Å². The van der Waals surface area contributed by atoms with E-state index < -0.39 is 0 Å². The fourth-order valence-corrected chi connectivity index (χ4v) is 4.32. The van der Waals surface area contributed by atoms with Crippen molar-refractivity contribution in [3.05, 3.63) is 0 Å². The average molecular weight is 166 g/mol. The van der Waals surface area contributed by atoms with Crippen LogP contribution in [0.4, 0.5) is 0 Å². The Morgan fingerprint density at radius 2 is 2.50 bits per heavy atom. The van der Waals surface area contributed by atoms with Gasteiger partial charge in [-0.3, -0.25) is 0 Å². The van der Waals surface area contributed by atoms with Crippen molar-refractivity contribution in [1.29, 1.82) is 0 Å². The lowest BCUT2D eigenvalue weighted by Crippen LogP contribution is -2.11. The molecular weight excluding hydrogens is 152 g/mol. The van der Waals surface area contributed by atoms with E-state index in [-0.39, 0.29) is 9.76 Å². The van der Waals surface area contributed by atoms with E-state index in [1.807, 2.05) is 0 Å². The molecular formula is C4H14OSSi2. The van der Waals surface area contributed by atoms with Crippen molar-refractivity contribution in [3.63, 3.8) is 0 Å². The van der Waals surface area contributed by atoms with Gasteiger partial charge in [0, 0.05) is 4.87 Å². The van der Waals surface area contributed by atoms with Gasteiger partial charge in [-0.1, -0.05) is 13.3 Å². The minimum absolute atomic E-state index is 0.239. The molecule has 0 heterocycles. The summed E-state index contributed by atoms with van der Waals surface area (Å²) in [6, 6.07) is 0. The predicted molar refractivity (Wildman–Crippen MR) is 47.3 cm³/mol. The highest BCUT2D eigenvalue weighted by Gasteiger charge is 1.98. The summed E-state index contributed by atoms with van der Waals surface area (Å²) >= 11 is 4.35. The van der Waals surface area contributed by atoms with Crippen LogP contribution in [0.25, 0.3) is 0 Å². The highest BCUT2D eigenvalue weighted by atomic mass is 32.1. The molecule has 8 heavy (non-hydrogen) atoms. The normalized spacial score (nSPS) is 15.8. The van der Waals surface area contributed by atoms with Gasteiger partial charge in [0.15, 0.2) is 9.76 Å². The fraction of sp³-hybridized carbons (Fsp3) is 1.00. The summed E-state index contributed by atoms with van der Waals surface area (Å²) < 4.78 is 5.16. The molecule has 1 unspecified atom stereocenters. The molecule has 0 aliphatic carbocycles. The first-order valence-corrected chi connectivity index (χ1v) is 5.71. The van der Waals surface area contributed by atoms with Crippen LogP contribution in [0.15, 0.2) is 0 Å². The first kappa shape index (κ1) is 8.74. The molecule has 0 saturated heterocycles. The molecule has 0 aliphatic heterocycles. The zero-order chi connectivity index (χ0) is 6.41. The molecule has 50 valence electrons. The largest absolute Gasteiger partial charge is 0.467 e. The lowest BCUT2D eigenvalue weighted by atomic mass is 10.4. The molecule has 0 fully saturated rings. The molecule has 0 bridgehead atoms. The molecule has 0 rings (SSSR count). The molecule has 0 aromatic rings. The van der Waals surface area contributed by atoms with Crippen LogP contribution < -0.4 is 0 Å². The van der Waals surface area contributed by atoms with Gasteiger partial charge in [0.1, 0.15) is 10.5 Å². The Morgan fingerprint density at radius 3 is 2.88 bits per heavy atom. The van der Waals surface area contributed by atoms with Crippen LogP contribution in [0.5, 0.6) is 0 Å². The topological polar surface area (TPSA) is 9.23 Å². The van der Waals surface area contributed by atoms with Crippen molar-refractivity contribution in [2.45, 2.75) is 24.6 Å². The smallest absolute Gasteiger partial charge is 0.158 e. The van der Waals surface area contributed by atoms with Crippen LogP contribution in [0.3, 0.4) is 0 Å². The van der Waals surface area contributed by atoms with Crippen molar-refractivity contribution in [1.82, 2.24) is 0 Å². The third-order valence-electron chi connectivity index (χ3n) is 0.981. The number of thiol groups is 1. The highest BCUT2D eigenvalue weighted by Crippen LogP contribution is 2.01. The maximum Gasteiger partial charge on any atom is 0.158 e. The van der Waals surface area contributed by atoms with Crippen LogP contribution >= 0.6 is 12.6 Å². The molecule has 0 N–H and O–H groups in total. The van der Waals surface area contributed by atoms with Crippen LogP contribution in [-0.4, -0.2) is 25.1 Å². The van der Waals surface area contributed by atoms with Crippen LogP contribution in [-0.2, 0) is 4.12 Å². The SMILES string of the molecule is CCCC(S)[SiH2]O[SiH3]. The van der Waals surface area contributed by atoms with Crippen LogP contribution in [0, 0.1) is 0 Å². The first-order chi connectivity index (χ1) is 3.81. The number of rotatable bonds is 4. The Hall–Kier alpha value is 0.744.